The van der Waals surface area contributed by atoms with Gasteiger partial charge in [-0.15, -0.1) is 16.4 Å². The van der Waals surface area contributed by atoms with E-state index in [1.54, 1.807) is 12.1 Å². The number of hydrogen-bond acceptors (Lipinski definition) is 7. The zero-order valence-electron chi connectivity index (χ0n) is 14.7. The summed E-state index contributed by atoms with van der Waals surface area (Å²) in [7, 11) is 0. The van der Waals surface area contributed by atoms with Gasteiger partial charge in [0.25, 0.3) is 5.56 Å². The molecular weight excluding hydrogens is 387 g/mol. The van der Waals surface area contributed by atoms with Gasteiger partial charge in [-0.2, -0.15) is 4.68 Å². The van der Waals surface area contributed by atoms with E-state index < -0.39 is 0 Å². The zero-order valence-corrected chi connectivity index (χ0v) is 16.4. The minimum Gasteiger partial charge on any atom is -0.309 e. The van der Waals surface area contributed by atoms with Crippen LogP contribution in [0.5, 0.6) is 0 Å². The van der Waals surface area contributed by atoms with Crippen molar-refractivity contribution in [2.24, 2.45) is 0 Å². The fraction of sp³-hybridized carbons (Fsp3) is 0.235. The molecule has 3 aromatic heterocycles. The van der Waals surface area contributed by atoms with Gasteiger partial charge < -0.3 is 4.98 Å². The number of rotatable bonds is 4. The molecule has 0 fully saturated rings. The molecule has 3 heterocycles. The lowest BCUT2D eigenvalue weighted by Gasteiger charge is -2.10. The van der Waals surface area contributed by atoms with Gasteiger partial charge in [0.05, 0.1) is 16.3 Å². The summed E-state index contributed by atoms with van der Waals surface area (Å²) in [5.41, 5.74) is 1.34. The summed E-state index contributed by atoms with van der Waals surface area (Å²) >= 11 is 2.84. The lowest BCUT2D eigenvalue weighted by Crippen LogP contribution is -2.12. The van der Waals surface area contributed by atoms with Gasteiger partial charge in [0, 0.05) is 4.88 Å². The van der Waals surface area contributed by atoms with Gasteiger partial charge in [-0.1, -0.05) is 17.8 Å². The third-order valence-electron chi connectivity index (χ3n) is 4.22. The van der Waals surface area contributed by atoms with E-state index in [0.717, 1.165) is 15.3 Å². The van der Waals surface area contributed by atoms with E-state index in [1.165, 1.54) is 39.9 Å². The highest BCUT2D eigenvalue weighted by Crippen LogP contribution is 2.34. The number of H-pyrrole nitrogens is 1. The Kier molecular flexibility index (Phi) is 4.52. The molecule has 0 saturated heterocycles. The predicted octanol–water partition coefficient (Wildman–Crippen LogP) is 3.57. The SMILES string of the molecule is Cc1sc2nc([C@H](C)Sc3nnnn3-c3cccc(F)c3)[nH]c(=O)c2c1C. The first-order valence-electron chi connectivity index (χ1n) is 8.15. The number of tetrazole rings is 1. The monoisotopic (exact) mass is 402 g/mol. The molecule has 1 aromatic carbocycles. The third kappa shape index (κ3) is 3.26. The molecule has 0 spiro atoms. The number of aromatic amines is 1. The fourth-order valence-electron chi connectivity index (χ4n) is 2.70. The Balaban J connectivity index is 1.68. The van der Waals surface area contributed by atoms with E-state index in [-0.39, 0.29) is 16.6 Å². The normalized spacial score (nSPS) is 12.6. The lowest BCUT2D eigenvalue weighted by atomic mass is 10.2. The minimum atomic E-state index is -0.369. The van der Waals surface area contributed by atoms with Crippen LogP contribution in [0.1, 0.15) is 28.4 Å². The van der Waals surface area contributed by atoms with Crippen molar-refractivity contribution in [3.05, 3.63) is 56.7 Å². The average Bonchev–Trinajstić information content (AvgIpc) is 3.19. The maximum absolute atomic E-state index is 13.5. The van der Waals surface area contributed by atoms with Gasteiger partial charge in [0.2, 0.25) is 5.16 Å². The van der Waals surface area contributed by atoms with Crippen LogP contribution in [-0.4, -0.2) is 30.2 Å². The Morgan fingerprint density at radius 2 is 2.15 bits per heavy atom. The molecule has 10 heteroatoms. The number of thiophene rings is 1. The molecule has 0 aliphatic heterocycles. The quantitative estimate of drug-likeness (QED) is 0.525. The molecule has 0 unspecified atom stereocenters. The maximum atomic E-state index is 13.5. The number of benzene rings is 1. The molecule has 1 N–H and O–H groups in total. The van der Waals surface area contributed by atoms with Gasteiger partial charge in [0.15, 0.2) is 0 Å². The van der Waals surface area contributed by atoms with E-state index >= 15 is 0 Å². The maximum Gasteiger partial charge on any atom is 0.259 e. The summed E-state index contributed by atoms with van der Waals surface area (Å²) in [4.78, 5) is 21.8. The lowest BCUT2D eigenvalue weighted by molar-refractivity contribution is 0.623. The minimum absolute atomic E-state index is 0.144. The molecular formula is C17H15FN6OS2. The van der Waals surface area contributed by atoms with Gasteiger partial charge >= 0.3 is 0 Å². The summed E-state index contributed by atoms with van der Waals surface area (Å²) < 4.78 is 15.0. The summed E-state index contributed by atoms with van der Waals surface area (Å²) in [6.07, 6.45) is 0. The van der Waals surface area contributed by atoms with Crippen molar-refractivity contribution in [3.8, 4) is 5.69 Å². The molecule has 1 atom stereocenters. The second-order valence-corrected chi connectivity index (χ2v) is 8.54. The van der Waals surface area contributed by atoms with E-state index in [9.17, 15) is 9.18 Å². The van der Waals surface area contributed by atoms with Gasteiger partial charge in [-0.25, -0.2) is 9.37 Å². The van der Waals surface area contributed by atoms with Crippen LogP contribution in [-0.2, 0) is 0 Å². The number of aryl methyl sites for hydroxylation is 2. The summed E-state index contributed by atoms with van der Waals surface area (Å²) in [6.45, 7) is 5.81. The number of hydrogen-bond donors (Lipinski definition) is 1. The van der Waals surface area contributed by atoms with E-state index in [4.69, 9.17) is 0 Å². The van der Waals surface area contributed by atoms with Gasteiger partial charge in [-0.05, 0) is 55.0 Å². The number of nitrogens with zero attached hydrogens (tertiary/aromatic N) is 5. The van der Waals surface area contributed by atoms with Gasteiger partial charge in [-0.3, -0.25) is 4.79 Å². The molecule has 7 nitrogen and oxygen atoms in total. The first kappa shape index (κ1) is 17.8. The largest absolute Gasteiger partial charge is 0.309 e. The van der Waals surface area contributed by atoms with Crippen LogP contribution in [0, 0.1) is 19.7 Å². The average molecular weight is 402 g/mol. The standard InChI is InChI=1S/C17H15FN6OS2/c1-8-9(2)26-16-13(8)15(25)19-14(20-16)10(3)27-17-21-22-23-24(17)12-6-4-5-11(18)7-12/h4-7,10H,1-3H3,(H,19,20,25)/t10-/m0/s1. The Morgan fingerprint density at radius 3 is 2.93 bits per heavy atom. The molecule has 0 bridgehead atoms. The highest BCUT2D eigenvalue weighted by atomic mass is 32.2. The van der Waals surface area contributed by atoms with Crippen LogP contribution in [0.2, 0.25) is 0 Å². The topological polar surface area (TPSA) is 89.3 Å². The van der Waals surface area contributed by atoms with Crippen LogP contribution >= 0.6 is 23.1 Å². The van der Waals surface area contributed by atoms with Crippen molar-refractivity contribution in [3.63, 3.8) is 0 Å². The highest BCUT2D eigenvalue weighted by Gasteiger charge is 2.19. The molecule has 4 rings (SSSR count). The highest BCUT2D eigenvalue weighted by molar-refractivity contribution is 7.99. The Hall–Kier alpha value is -2.59. The Bertz CT molecular complexity index is 1200. The summed E-state index contributed by atoms with van der Waals surface area (Å²) in [5, 5.41) is 12.6. The third-order valence-corrected chi connectivity index (χ3v) is 6.36. The Morgan fingerprint density at radius 1 is 1.33 bits per heavy atom. The van der Waals surface area contributed by atoms with E-state index in [2.05, 4.69) is 25.5 Å². The zero-order chi connectivity index (χ0) is 19.1. The van der Waals surface area contributed by atoms with Crippen LogP contribution in [0.4, 0.5) is 4.39 Å². The molecule has 27 heavy (non-hydrogen) atoms. The number of nitrogens with one attached hydrogen (secondary N) is 1. The molecule has 0 aliphatic carbocycles. The summed E-state index contributed by atoms with van der Waals surface area (Å²) in [6, 6.07) is 6.03. The number of fused-ring (bicyclic) bond motifs is 1. The van der Waals surface area contributed by atoms with Crippen molar-refractivity contribution >= 4 is 33.3 Å². The predicted molar refractivity (Wildman–Crippen MR) is 103 cm³/mol. The number of aromatic nitrogens is 6. The van der Waals surface area contributed by atoms with Crippen LogP contribution in [0.25, 0.3) is 15.9 Å². The van der Waals surface area contributed by atoms with Gasteiger partial charge in [0.1, 0.15) is 16.5 Å². The van der Waals surface area contributed by atoms with E-state index in [0.29, 0.717) is 22.1 Å². The summed E-state index contributed by atoms with van der Waals surface area (Å²) in [5.74, 6) is 0.180. The molecule has 0 saturated carbocycles. The van der Waals surface area contributed by atoms with Crippen LogP contribution < -0.4 is 5.56 Å². The van der Waals surface area contributed by atoms with Crippen molar-refractivity contribution < 1.29 is 4.39 Å². The van der Waals surface area contributed by atoms with Crippen molar-refractivity contribution in [2.75, 3.05) is 0 Å². The molecule has 138 valence electrons. The number of thioether (sulfide) groups is 1. The fourth-order valence-corrected chi connectivity index (χ4v) is 4.60. The second kappa shape index (κ2) is 6.86. The van der Waals surface area contributed by atoms with E-state index in [1.807, 2.05) is 20.8 Å². The Labute approximate surface area is 161 Å². The smallest absolute Gasteiger partial charge is 0.259 e. The van der Waals surface area contributed by atoms with Crippen molar-refractivity contribution in [2.45, 2.75) is 31.2 Å². The first-order valence-corrected chi connectivity index (χ1v) is 9.84. The molecule has 0 amide bonds. The molecule has 0 aliphatic rings. The number of halogens is 1. The first-order chi connectivity index (χ1) is 12.9. The van der Waals surface area contributed by atoms with Crippen molar-refractivity contribution in [1.82, 2.24) is 30.2 Å². The van der Waals surface area contributed by atoms with Crippen LogP contribution in [0.15, 0.2) is 34.2 Å². The molecule has 0 radical (unpaired) electrons. The van der Waals surface area contributed by atoms with Crippen molar-refractivity contribution in [1.29, 1.82) is 0 Å². The van der Waals surface area contributed by atoms with Crippen LogP contribution in [0.3, 0.4) is 0 Å². The molecule has 4 aromatic rings. The second-order valence-electron chi connectivity index (χ2n) is 6.03.